The van der Waals surface area contributed by atoms with Gasteiger partial charge in [-0.25, -0.2) is 0 Å². The molecule has 1 atom stereocenters. The van der Waals surface area contributed by atoms with Gasteiger partial charge in [0.25, 0.3) is 0 Å². The molecule has 0 bridgehead atoms. The average Bonchev–Trinajstić information content (AvgIpc) is 2.25. The van der Waals surface area contributed by atoms with Crippen LogP contribution in [0.2, 0.25) is 0 Å². The van der Waals surface area contributed by atoms with Crippen LogP contribution in [0.5, 0.6) is 5.75 Å². The average molecular weight is 243 g/mol. The molecule has 1 rings (SSSR count). The van der Waals surface area contributed by atoms with Crippen LogP contribution in [-0.4, -0.2) is 13.2 Å². The normalized spacial score (nSPS) is 13.1. The molecule has 17 heavy (non-hydrogen) atoms. The molecule has 4 heteroatoms. The fraction of sp³-hybridized carbons (Fsp3) is 0.538. The van der Waals surface area contributed by atoms with E-state index in [0.29, 0.717) is 5.92 Å². The minimum absolute atomic E-state index is 0.00708. The van der Waals surface area contributed by atoms with Crippen LogP contribution in [-0.2, 0) is 0 Å². The molecule has 1 N–H and O–H groups in total. The molecule has 0 aromatic heterocycles. The van der Waals surface area contributed by atoms with E-state index in [4.69, 9.17) is 0 Å². The highest BCUT2D eigenvalue weighted by Crippen LogP contribution is 2.26. The molecule has 2 nitrogen and oxygen atoms in total. The van der Waals surface area contributed by atoms with Gasteiger partial charge < -0.3 is 10.1 Å². The second kappa shape index (κ2) is 6.55. The number of hydrogen-bond acceptors (Lipinski definition) is 2. The van der Waals surface area contributed by atoms with E-state index in [1.165, 1.54) is 0 Å². The Hall–Kier alpha value is -1.16. The Morgan fingerprint density at radius 1 is 1.18 bits per heavy atom. The number of benzene rings is 1. The second-order valence-electron chi connectivity index (χ2n) is 4.44. The highest BCUT2D eigenvalue weighted by atomic mass is 19.3. The zero-order valence-corrected chi connectivity index (χ0v) is 10.4. The number of ether oxygens (including phenoxy) is 1. The van der Waals surface area contributed by atoms with Gasteiger partial charge in [-0.05, 0) is 25.5 Å². The first-order chi connectivity index (χ1) is 8.00. The largest absolute Gasteiger partial charge is 0.434 e. The summed E-state index contributed by atoms with van der Waals surface area (Å²) in [5, 5.41) is 3.29. The van der Waals surface area contributed by atoms with E-state index in [0.717, 1.165) is 12.1 Å². The van der Waals surface area contributed by atoms with E-state index in [-0.39, 0.29) is 11.8 Å². The lowest BCUT2D eigenvalue weighted by molar-refractivity contribution is -0.0506. The van der Waals surface area contributed by atoms with Crippen LogP contribution in [0.15, 0.2) is 24.3 Å². The molecule has 0 heterocycles. The maximum atomic E-state index is 12.2. The molecule has 0 saturated heterocycles. The number of hydrogen-bond donors (Lipinski definition) is 1. The van der Waals surface area contributed by atoms with Crippen LogP contribution in [0.4, 0.5) is 8.78 Å². The zero-order valence-electron chi connectivity index (χ0n) is 10.4. The predicted octanol–water partition coefficient (Wildman–Crippen LogP) is 3.59. The maximum Gasteiger partial charge on any atom is 0.387 e. The molecule has 0 radical (unpaired) electrons. The van der Waals surface area contributed by atoms with Crippen LogP contribution >= 0.6 is 0 Å². The first-order valence-electron chi connectivity index (χ1n) is 5.77. The summed E-state index contributed by atoms with van der Waals surface area (Å²) in [4.78, 5) is 0. The predicted molar refractivity (Wildman–Crippen MR) is 64.3 cm³/mol. The first-order valence-corrected chi connectivity index (χ1v) is 5.77. The Labute approximate surface area is 101 Å². The van der Waals surface area contributed by atoms with Crippen molar-refractivity contribution in [2.45, 2.75) is 33.4 Å². The lowest BCUT2D eigenvalue weighted by atomic mass is 10.1. The van der Waals surface area contributed by atoms with Crippen LogP contribution in [0, 0.1) is 5.92 Å². The molecule has 1 unspecified atom stereocenters. The van der Waals surface area contributed by atoms with Gasteiger partial charge >= 0.3 is 6.61 Å². The van der Waals surface area contributed by atoms with Crippen molar-refractivity contribution in [1.29, 1.82) is 0 Å². The van der Waals surface area contributed by atoms with Gasteiger partial charge in [0, 0.05) is 11.6 Å². The van der Waals surface area contributed by atoms with Crippen molar-refractivity contribution in [2.75, 3.05) is 6.54 Å². The van der Waals surface area contributed by atoms with Gasteiger partial charge in [0.2, 0.25) is 0 Å². The molecule has 0 saturated carbocycles. The van der Waals surface area contributed by atoms with Gasteiger partial charge in [-0.1, -0.05) is 32.0 Å². The third-order valence-corrected chi connectivity index (χ3v) is 2.43. The Kier molecular flexibility index (Phi) is 5.35. The van der Waals surface area contributed by atoms with E-state index in [9.17, 15) is 8.78 Å². The first kappa shape index (κ1) is 13.9. The molecule has 1 aromatic rings. The van der Waals surface area contributed by atoms with Gasteiger partial charge in [-0.2, -0.15) is 8.78 Å². The van der Waals surface area contributed by atoms with Crippen molar-refractivity contribution in [2.24, 2.45) is 5.92 Å². The molecule has 0 fully saturated rings. The topological polar surface area (TPSA) is 21.3 Å². The molecule has 0 aliphatic heterocycles. The smallest absolute Gasteiger partial charge is 0.387 e. The minimum atomic E-state index is -2.78. The lowest BCUT2D eigenvalue weighted by Crippen LogP contribution is -2.23. The van der Waals surface area contributed by atoms with E-state index >= 15 is 0 Å². The summed E-state index contributed by atoms with van der Waals surface area (Å²) < 4.78 is 29.0. The van der Waals surface area contributed by atoms with Gasteiger partial charge in [0.15, 0.2) is 0 Å². The fourth-order valence-corrected chi connectivity index (χ4v) is 1.56. The maximum absolute atomic E-state index is 12.2. The van der Waals surface area contributed by atoms with E-state index in [1.807, 2.05) is 13.0 Å². The third kappa shape index (κ3) is 4.69. The van der Waals surface area contributed by atoms with Crippen molar-refractivity contribution in [3.8, 4) is 5.75 Å². The van der Waals surface area contributed by atoms with Gasteiger partial charge in [-0.15, -0.1) is 0 Å². The van der Waals surface area contributed by atoms with Crippen molar-refractivity contribution in [1.82, 2.24) is 5.32 Å². The van der Waals surface area contributed by atoms with E-state index in [1.54, 1.807) is 18.2 Å². The Balaban J connectivity index is 2.74. The van der Waals surface area contributed by atoms with Gasteiger partial charge in [0.05, 0.1) is 0 Å². The highest BCUT2D eigenvalue weighted by molar-refractivity contribution is 5.35. The van der Waals surface area contributed by atoms with Crippen LogP contribution in [0.3, 0.4) is 0 Å². The van der Waals surface area contributed by atoms with Crippen molar-refractivity contribution >= 4 is 0 Å². The van der Waals surface area contributed by atoms with Crippen molar-refractivity contribution in [3.05, 3.63) is 29.8 Å². The molecule has 0 aliphatic rings. The summed E-state index contributed by atoms with van der Waals surface area (Å²) in [5.74, 6) is 0.756. The Morgan fingerprint density at radius 2 is 1.82 bits per heavy atom. The number of halogens is 2. The standard InChI is InChI=1S/C13H19F2NO/c1-9(2)8-16-10(3)11-6-4-5-7-12(11)17-13(14)15/h4-7,9-10,13,16H,8H2,1-3H3. The summed E-state index contributed by atoms with van der Waals surface area (Å²) in [6.45, 7) is 4.19. The minimum Gasteiger partial charge on any atom is -0.434 e. The zero-order chi connectivity index (χ0) is 12.8. The Bertz CT molecular complexity index is 342. The number of para-hydroxylation sites is 1. The lowest BCUT2D eigenvalue weighted by Gasteiger charge is -2.19. The molecule has 0 spiro atoms. The Morgan fingerprint density at radius 3 is 2.41 bits per heavy atom. The molecular weight excluding hydrogens is 224 g/mol. The van der Waals surface area contributed by atoms with E-state index < -0.39 is 6.61 Å². The summed E-state index contributed by atoms with van der Waals surface area (Å²) >= 11 is 0. The number of nitrogens with one attached hydrogen (secondary N) is 1. The van der Waals surface area contributed by atoms with Gasteiger partial charge in [0.1, 0.15) is 5.75 Å². The summed E-state index contributed by atoms with van der Waals surface area (Å²) in [6.07, 6.45) is 0. The monoisotopic (exact) mass is 243 g/mol. The highest BCUT2D eigenvalue weighted by Gasteiger charge is 2.14. The number of alkyl halides is 2. The van der Waals surface area contributed by atoms with Crippen LogP contribution < -0.4 is 10.1 Å². The summed E-state index contributed by atoms with van der Waals surface area (Å²) in [5.41, 5.74) is 0.758. The van der Waals surface area contributed by atoms with Crippen molar-refractivity contribution < 1.29 is 13.5 Å². The molecule has 0 amide bonds. The van der Waals surface area contributed by atoms with Gasteiger partial charge in [-0.3, -0.25) is 0 Å². The molecule has 96 valence electrons. The van der Waals surface area contributed by atoms with Crippen LogP contribution in [0.1, 0.15) is 32.4 Å². The summed E-state index contributed by atoms with van der Waals surface area (Å²) in [7, 11) is 0. The van der Waals surface area contributed by atoms with Crippen LogP contribution in [0.25, 0.3) is 0 Å². The quantitative estimate of drug-likeness (QED) is 0.824. The van der Waals surface area contributed by atoms with E-state index in [2.05, 4.69) is 23.9 Å². The van der Waals surface area contributed by atoms with Crippen molar-refractivity contribution in [3.63, 3.8) is 0 Å². The second-order valence-corrected chi connectivity index (χ2v) is 4.44. The SMILES string of the molecule is CC(C)CNC(C)c1ccccc1OC(F)F. The summed E-state index contributed by atoms with van der Waals surface area (Å²) in [6, 6.07) is 6.87. The number of rotatable bonds is 6. The fourth-order valence-electron chi connectivity index (χ4n) is 1.56. The molecule has 1 aromatic carbocycles. The molecule has 0 aliphatic carbocycles. The third-order valence-electron chi connectivity index (χ3n) is 2.43. The molecular formula is C13H19F2NO.